The molecule has 0 amide bonds. The van der Waals surface area contributed by atoms with Gasteiger partial charge >= 0.3 is 0 Å². The number of nitrogens with zero attached hydrogens (tertiary/aromatic N) is 4. The van der Waals surface area contributed by atoms with E-state index in [1.165, 1.54) is 0 Å². The van der Waals surface area contributed by atoms with Gasteiger partial charge in [0, 0.05) is 30.2 Å². The van der Waals surface area contributed by atoms with Crippen molar-refractivity contribution in [1.82, 2.24) is 19.5 Å². The Hall–Kier alpha value is -1.17. The number of thiazole rings is 1. The highest BCUT2D eigenvalue weighted by Gasteiger charge is 2.16. The Kier molecular flexibility index (Phi) is 4.15. The van der Waals surface area contributed by atoms with E-state index >= 15 is 0 Å². The number of rotatable bonds is 4. The molecule has 7 heteroatoms. The van der Waals surface area contributed by atoms with E-state index in [-0.39, 0.29) is 5.38 Å². The largest absolute Gasteiger partial charge is 0.311 e. The smallest absolute Gasteiger partial charge is 0.160 e. The predicted octanol–water partition coefficient (Wildman–Crippen LogP) is 4.39. The molecule has 0 bridgehead atoms. The quantitative estimate of drug-likeness (QED) is 0.661. The van der Waals surface area contributed by atoms with Gasteiger partial charge < -0.3 is 4.57 Å². The molecule has 21 heavy (non-hydrogen) atoms. The van der Waals surface area contributed by atoms with E-state index in [1.54, 1.807) is 17.5 Å². The molecule has 0 spiro atoms. The number of halogens is 2. The van der Waals surface area contributed by atoms with Crippen LogP contribution in [-0.4, -0.2) is 19.5 Å². The highest BCUT2D eigenvalue weighted by atomic mass is 35.5. The van der Waals surface area contributed by atoms with E-state index < -0.39 is 0 Å². The Morgan fingerprint density at radius 1 is 1.38 bits per heavy atom. The molecule has 3 heterocycles. The van der Waals surface area contributed by atoms with Crippen LogP contribution in [0.4, 0.5) is 0 Å². The molecule has 0 aliphatic heterocycles. The second-order valence-corrected chi connectivity index (χ2v) is 6.90. The summed E-state index contributed by atoms with van der Waals surface area (Å²) in [7, 11) is 0. The highest BCUT2D eigenvalue weighted by Crippen LogP contribution is 2.25. The molecule has 0 saturated carbocycles. The van der Waals surface area contributed by atoms with Crippen LogP contribution in [0.15, 0.2) is 17.6 Å². The van der Waals surface area contributed by atoms with Crippen molar-refractivity contribution in [2.24, 2.45) is 0 Å². The average molecular weight is 341 g/mol. The van der Waals surface area contributed by atoms with E-state index in [0.29, 0.717) is 5.02 Å². The second kappa shape index (κ2) is 5.91. The summed E-state index contributed by atoms with van der Waals surface area (Å²) in [5.74, 6) is 0.815. The van der Waals surface area contributed by atoms with Gasteiger partial charge in [-0.15, -0.1) is 22.9 Å². The topological polar surface area (TPSA) is 43.6 Å². The SMILES string of the molecule is Cc1csc(CCn2c(C(C)Cl)nc3cc(Cl)cnc32)n1. The van der Waals surface area contributed by atoms with Gasteiger partial charge in [-0.3, -0.25) is 0 Å². The van der Waals surface area contributed by atoms with Crippen molar-refractivity contribution in [2.45, 2.75) is 32.2 Å². The fraction of sp³-hybridized carbons (Fsp3) is 0.357. The Balaban J connectivity index is 1.97. The molecule has 0 radical (unpaired) electrons. The van der Waals surface area contributed by atoms with Crippen LogP contribution >= 0.6 is 34.5 Å². The van der Waals surface area contributed by atoms with Crippen molar-refractivity contribution in [1.29, 1.82) is 0 Å². The normalized spacial score (nSPS) is 13.0. The fourth-order valence-electron chi connectivity index (χ4n) is 2.25. The first-order chi connectivity index (χ1) is 10.0. The summed E-state index contributed by atoms with van der Waals surface area (Å²) in [4.78, 5) is 13.4. The third-order valence-corrected chi connectivity index (χ3v) is 4.58. The van der Waals surface area contributed by atoms with E-state index in [2.05, 4.69) is 24.9 Å². The van der Waals surface area contributed by atoms with Crippen LogP contribution < -0.4 is 0 Å². The highest BCUT2D eigenvalue weighted by molar-refractivity contribution is 7.09. The third kappa shape index (κ3) is 3.05. The Bertz CT molecular complexity index is 778. The van der Waals surface area contributed by atoms with Crippen molar-refractivity contribution >= 4 is 45.7 Å². The van der Waals surface area contributed by atoms with Crippen molar-refractivity contribution < 1.29 is 0 Å². The standard InChI is InChI=1S/C14H14Cl2N4S/c1-8-7-21-12(18-8)3-4-20-13(9(2)15)19-11-5-10(16)6-17-14(11)20/h5-7,9H,3-4H2,1-2H3. The van der Waals surface area contributed by atoms with Crippen molar-refractivity contribution in [3.05, 3.63) is 39.2 Å². The molecule has 1 atom stereocenters. The number of aryl methyl sites for hydroxylation is 3. The average Bonchev–Trinajstić information content (AvgIpc) is 2.99. The Labute approximate surface area is 136 Å². The summed E-state index contributed by atoms with van der Waals surface area (Å²) < 4.78 is 2.06. The first-order valence-electron chi connectivity index (χ1n) is 6.61. The molecule has 0 saturated heterocycles. The molecule has 1 unspecified atom stereocenters. The lowest BCUT2D eigenvalue weighted by Crippen LogP contribution is -2.07. The van der Waals surface area contributed by atoms with Crippen molar-refractivity contribution in [3.8, 4) is 0 Å². The second-order valence-electron chi connectivity index (χ2n) is 4.87. The van der Waals surface area contributed by atoms with Gasteiger partial charge in [-0.05, 0) is 19.9 Å². The minimum absolute atomic E-state index is 0.184. The number of fused-ring (bicyclic) bond motifs is 1. The number of hydrogen-bond acceptors (Lipinski definition) is 4. The molecule has 110 valence electrons. The zero-order valence-corrected chi connectivity index (χ0v) is 14.0. The van der Waals surface area contributed by atoms with Crippen LogP contribution in [0.5, 0.6) is 0 Å². The lowest BCUT2D eigenvalue weighted by molar-refractivity contribution is 0.661. The molecule has 3 aromatic rings. The molecular weight excluding hydrogens is 327 g/mol. The van der Waals surface area contributed by atoms with E-state index in [1.807, 2.05) is 19.9 Å². The third-order valence-electron chi connectivity index (χ3n) is 3.15. The Morgan fingerprint density at radius 3 is 2.86 bits per heavy atom. The van der Waals surface area contributed by atoms with Crippen LogP contribution in [0.3, 0.4) is 0 Å². The van der Waals surface area contributed by atoms with Crippen LogP contribution in [-0.2, 0) is 13.0 Å². The van der Waals surface area contributed by atoms with Crippen molar-refractivity contribution in [3.63, 3.8) is 0 Å². The summed E-state index contributed by atoms with van der Waals surface area (Å²) in [6.07, 6.45) is 2.48. The van der Waals surface area contributed by atoms with Gasteiger partial charge in [0.05, 0.1) is 15.4 Å². The van der Waals surface area contributed by atoms with Crippen molar-refractivity contribution in [2.75, 3.05) is 0 Å². The number of imidazole rings is 1. The van der Waals surface area contributed by atoms with E-state index in [4.69, 9.17) is 23.2 Å². The lowest BCUT2D eigenvalue weighted by Gasteiger charge is -2.08. The first kappa shape index (κ1) is 14.8. The minimum atomic E-state index is -0.184. The Morgan fingerprint density at radius 2 is 2.19 bits per heavy atom. The van der Waals surface area contributed by atoms with E-state index in [0.717, 1.165) is 40.7 Å². The summed E-state index contributed by atoms with van der Waals surface area (Å²) in [5, 5.41) is 3.56. The van der Waals surface area contributed by atoms with Gasteiger partial charge in [0.1, 0.15) is 11.3 Å². The van der Waals surface area contributed by atoms with Gasteiger partial charge in [-0.2, -0.15) is 0 Å². The maximum atomic E-state index is 6.25. The summed E-state index contributed by atoms with van der Waals surface area (Å²) in [6, 6.07) is 1.82. The van der Waals surface area contributed by atoms with Crippen LogP contribution in [0.1, 0.15) is 28.8 Å². The lowest BCUT2D eigenvalue weighted by atomic mass is 10.4. The molecule has 3 aromatic heterocycles. The number of hydrogen-bond donors (Lipinski definition) is 0. The predicted molar refractivity (Wildman–Crippen MR) is 87.4 cm³/mol. The maximum absolute atomic E-state index is 6.25. The molecule has 4 nitrogen and oxygen atoms in total. The molecule has 0 N–H and O–H groups in total. The summed E-state index contributed by atoms with van der Waals surface area (Å²) >= 11 is 13.9. The van der Waals surface area contributed by atoms with Gasteiger partial charge in [-0.25, -0.2) is 15.0 Å². The van der Waals surface area contributed by atoms with Crippen LogP contribution in [0.2, 0.25) is 5.02 Å². The van der Waals surface area contributed by atoms with Gasteiger partial charge in [0.25, 0.3) is 0 Å². The number of alkyl halides is 1. The number of pyridine rings is 1. The van der Waals surface area contributed by atoms with E-state index in [9.17, 15) is 0 Å². The fourth-order valence-corrected chi connectivity index (χ4v) is 3.34. The maximum Gasteiger partial charge on any atom is 0.160 e. The van der Waals surface area contributed by atoms with Crippen LogP contribution in [0.25, 0.3) is 11.2 Å². The minimum Gasteiger partial charge on any atom is -0.311 e. The van der Waals surface area contributed by atoms with Gasteiger partial charge in [0.2, 0.25) is 0 Å². The molecule has 3 rings (SSSR count). The van der Waals surface area contributed by atoms with Gasteiger partial charge in [-0.1, -0.05) is 11.6 Å². The zero-order valence-electron chi connectivity index (χ0n) is 11.7. The molecule has 0 fully saturated rings. The molecule has 0 aliphatic carbocycles. The summed E-state index contributed by atoms with van der Waals surface area (Å²) in [5.41, 5.74) is 2.65. The summed E-state index contributed by atoms with van der Waals surface area (Å²) in [6.45, 7) is 4.67. The molecular formula is C14H14Cl2N4S. The first-order valence-corrected chi connectivity index (χ1v) is 8.31. The van der Waals surface area contributed by atoms with Crippen LogP contribution in [0, 0.1) is 6.92 Å². The zero-order chi connectivity index (χ0) is 15.0. The number of aromatic nitrogens is 4. The van der Waals surface area contributed by atoms with Gasteiger partial charge in [0.15, 0.2) is 5.65 Å². The molecule has 0 aromatic carbocycles. The monoisotopic (exact) mass is 340 g/mol. The molecule has 0 aliphatic rings.